The highest BCUT2D eigenvalue weighted by Crippen LogP contribution is 2.44. The fourth-order valence-corrected chi connectivity index (χ4v) is 10.2. The second-order valence-corrected chi connectivity index (χ2v) is 19.5. The molecule has 0 N–H and O–H groups in total. The van der Waals surface area contributed by atoms with Crippen molar-refractivity contribution in [2.45, 2.75) is 172 Å². The number of hydrogen-bond donors (Lipinski definition) is 0. The lowest BCUT2D eigenvalue weighted by Crippen LogP contribution is -2.21. The molecule has 3 unspecified atom stereocenters. The van der Waals surface area contributed by atoms with Gasteiger partial charge in [-0.2, -0.15) is 0 Å². The largest absolute Gasteiger partial charge is 0.460 e. The maximum Gasteiger partial charge on any atom is 0.343 e. The van der Waals surface area contributed by atoms with Crippen LogP contribution in [0.1, 0.15) is 181 Å². The molecule has 332 valence electrons. The van der Waals surface area contributed by atoms with Crippen LogP contribution in [0.3, 0.4) is 0 Å². The minimum atomic E-state index is -0.507. The smallest absolute Gasteiger partial charge is 0.343 e. The van der Waals surface area contributed by atoms with Crippen LogP contribution in [0.25, 0.3) is 0 Å². The van der Waals surface area contributed by atoms with Crippen molar-refractivity contribution in [2.75, 3.05) is 11.5 Å². The van der Waals surface area contributed by atoms with E-state index in [9.17, 15) is 14.4 Å². The SMILES string of the molecule is CCCCCCCCCCCCSc1ccc(C(=O)Oc2ccc(OC(=O)c3ccc(SCCCCCCCCCCCC)cc3)c(COC(=O)C3CC4C=CC3C4)c2)cc1. The Hall–Kier alpha value is -3.49. The van der Waals surface area contributed by atoms with E-state index in [4.69, 9.17) is 14.2 Å². The van der Waals surface area contributed by atoms with E-state index in [1.54, 1.807) is 42.5 Å². The number of allylic oxidation sites excluding steroid dienone is 2. The number of rotatable bonds is 31. The summed E-state index contributed by atoms with van der Waals surface area (Å²) in [4.78, 5) is 42.1. The second-order valence-electron chi connectivity index (χ2n) is 17.2. The summed E-state index contributed by atoms with van der Waals surface area (Å²) in [6.07, 6.45) is 32.6. The Bertz CT molecular complexity index is 1770. The third-order valence-electron chi connectivity index (χ3n) is 12.1. The molecule has 2 bridgehead atoms. The number of thioether (sulfide) groups is 2. The van der Waals surface area contributed by atoms with Gasteiger partial charge in [0, 0.05) is 15.4 Å². The molecule has 3 atom stereocenters. The number of hydrogen-bond acceptors (Lipinski definition) is 8. The Morgan fingerprint density at radius 1 is 0.541 bits per heavy atom. The molecule has 3 aromatic carbocycles. The first kappa shape index (κ1) is 48.5. The topological polar surface area (TPSA) is 78.9 Å². The number of ether oxygens (including phenoxy) is 3. The average Bonchev–Trinajstić information content (AvgIpc) is 3.92. The van der Waals surface area contributed by atoms with E-state index < -0.39 is 11.9 Å². The zero-order valence-corrected chi connectivity index (χ0v) is 38.8. The van der Waals surface area contributed by atoms with Crippen LogP contribution in [0.4, 0.5) is 0 Å². The Balaban J connectivity index is 1.09. The van der Waals surface area contributed by atoms with Crippen LogP contribution in [0, 0.1) is 17.8 Å². The number of carbonyl (C=O) groups excluding carboxylic acids is 3. The van der Waals surface area contributed by atoms with E-state index >= 15 is 0 Å². The van der Waals surface area contributed by atoms with Crippen LogP contribution in [-0.2, 0) is 16.1 Å². The van der Waals surface area contributed by atoms with Gasteiger partial charge >= 0.3 is 17.9 Å². The maximum absolute atomic E-state index is 13.4. The van der Waals surface area contributed by atoms with Gasteiger partial charge in [-0.3, -0.25) is 4.79 Å². The molecule has 0 heterocycles. The molecular formula is C53H72O6S2. The van der Waals surface area contributed by atoms with Crippen LogP contribution < -0.4 is 9.47 Å². The van der Waals surface area contributed by atoms with Gasteiger partial charge in [0.1, 0.15) is 18.1 Å². The van der Waals surface area contributed by atoms with Gasteiger partial charge in [-0.25, -0.2) is 9.59 Å². The highest BCUT2D eigenvalue weighted by Gasteiger charge is 2.40. The number of fused-ring (bicyclic) bond motifs is 2. The summed E-state index contributed by atoms with van der Waals surface area (Å²) >= 11 is 3.63. The highest BCUT2D eigenvalue weighted by atomic mass is 32.2. The molecule has 2 aliphatic carbocycles. The normalized spacial score (nSPS) is 16.5. The highest BCUT2D eigenvalue weighted by molar-refractivity contribution is 7.99. The van der Waals surface area contributed by atoms with Crippen LogP contribution in [-0.4, -0.2) is 29.4 Å². The predicted molar refractivity (Wildman–Crippen MR) is 253 cm³/mol. The molecular weight excluding hydrogens is 797 g/mol. The quantitative estimate of drug-likeness (QED) is 0.0208. The molecule has 0 aliphatic heterocycles. The Labute approximate surface area is 376 Å². The van der Waals surface area contributed by atoms with Gasteiger partial charge in [0.05, 0.1) is 17.0 Å². The lowest BCUT2D eigenvalue weighted by atomic mass is 9.94. The van der Waals surface area contributed by atoms with Gasteiger partial charge in [-0.15, -0.1) is 23.5 Å². The number of carbonyl (C=O) groups is 3. The first-order valence-electron chi connectivity index (χ1n) is 23.8. The van der Waals surface area contributed by atoms with Crippen molar-refractivity contribution in [1.29, 1.82) is 0 Å². The zero-order chi connectivity index (χ0) is 42.9. The monoisotopic (exact) mass is 868 g/mol. The summed E-state index contributed by atoms with van der Waals surface area (Å²) in [5.41, 5.74) is 1.33. The van der Waals surface area contributed by atoms with Gasteiger partial charge in [0.15, 0.2) is 0 Å². The summed E-state index contributed by atoms with van der Waals surface area (Å²) in [7, 11) is 0. The van der Waals surface area contributed by atoms with Crippen molar-refractivity contribution >= 4 is 41.4 Å². The number of benzene rings is 3. The van der Waals surface area contributed by atoms with Crippen molar-refractivity contribution in [3.63, 3.8) is 0 Å². The van der Waals surface area contributed by atoms with E-state index in [2.05, 4.69) is 26.0 Å². The fourth-order valence-electron chi connectivity index (χ4n) is 8.40. The van der Waals surface area contributed by atoms with E-state index in [0.29, 0.717) is 22.6 Å². The minimum absolute atomic E-state index is 0.107. The van der Waals surface area contributed by atoms with Crippen molar-refractivity contribution in [3.8, 4) is 11.5 Å². The number of esters is 3. The standard InChI is InChI=1S/C53H72O6S2/c1-3-5-7-9-11-13-15-17-19-21-35-60-47-30-25-42(26-31-47)51(54)58-46-29-34-50(45(39-46)40-57-53(56)49-38-41-23-24-44(49)37-41)59-52(55)43-27-32-48(33-28-43)61-36-22-20-18-16-14-12-10-8-6-4-2/h23-34,39,41,44,49H,3-22,35-38,40H2,1-2H3. The molecule has 61 heavy (non-hydrogen) atoms. The van der Waals surface area contributed by atoms with Crippen molar-refractivity contribution < 1.29 is 28.6 Å². The Morgan fingerprint density at radius 3 is 1.48 bits per heavy atom. The molecule has 1 fully saturated rings. The summed E-state index contributed by atoms with van der Waals surface area (Å²) in [6.45, 7) is 4.42. The van der Waals surface area contributed by atoms with E-state index in [1.165, 1.54) is 128 Å². The first-order valence-corrected chi connectivity index (χ1v) is 25.8. The number of unbranched alkanes of at least 4 members (excludes halogenated alkanes) is 18. The lowest BCUT2D eigenvalue weighted by molar-refractivity contribution is -0.150. The maximum atomic E-state index is 13.4. The molecule has 0 spiro atoms. The summed E-state index contributed by atoms with van der Waals surface area (Å²) in [6, 6.07) is 19.9. The van der Waals surface area contributed by atoms with Gasteiger partial charge in [0.2, 0.25) is 0 Å². The Kier molecular flexibility index (Phi) is 22.5. The molecule has 8 heteroatoms. The third kappa shape index (κ3) is 17.7. The molecule has 0 radical (unpaired) electrons. The first-order chi connectivity index (χ1) is 29.9. The average molecular weight is 869 g/mol. The van der Waals surface area contributed by atoms with Crippen LogP contribution in [0.15, 0.2) is 88.7 Å². The van der Waals surface area contributed by atoms with Crippen molar-refractivity contribution in [2.24, 2.45) is 17.8 Å². The van der Waals surface area contributed by atoms with Gasteiger partial charge in [0.25, 0.3) is 0 Å². The third-order valence-corrected chi connectivity index (χ3v) is 14.3. The van der Waals surface area contributed by atoms with E-state index in [0.717, 1.165) is 34.1 Å². The lowest BCUT2D eigenvalue weighted by Gasteiger charge is -2.18. The fraction of sp³-hybridized carbons (Fsp3) is 0.566. The molecule has 2 aliphatic rings. The molecule has 5 rings (SSSR count). The van der Waals surface area contributed by atoms with Gasteiger partial charge in [-0.1, -0.05) is 142 Å². The molecule has 0 saturated heterocycles. The molecule has 1 saturated carbocycles. The van der Waals surface area contributed by atoms with E-state index in [-0.39, 0.29) is 35.9 Å². The van der Waals surface area contributed by atoms with Crippen molar-refractivity contribution in [1.82, 2.24) is 0 Å². The van der Waals surface area contributed by atoms with Gasteiger partial charge in [-0.05, 0) is 116 Å². The van der Waals surface area contributed by atoms with Gasteiger partial charge < -0.3 is 14.2 Å². The minimum Gasteiger partial charge on any atom is -0.460 e. The van der Waals surface area contributed by atoms with E-state index in [1.807, 2.05) is 47.8 Å². The summed E-state index contributed by atoms with van der Waals surface area (Å²) < 4.78 is 17.5. The predicted octanol–water partition coefficient (Wildman–Crippen LogP) is 15.4. The Morgan fingerprint density at radius 2 is 1.02 bits per heavy atom. The molecule has 3 aromatic rings. The van der Waals surface area contributed by atoms with Crippen LogP contribution in [0.2, 0.25) is 0 Å². The second kappa shape index (κ2) is 28.2. The molecule has 6 nitrogen and oxygen atoms in total. The van der Waals surface area contributed by atoms with Crippen LogP contribution >= 0.6 is 23.5 Å². The zero-order valence-electron chi connectivity index (χ0n) is 37.2. The molecule has 0 aromatic heterocycles. The summed E-state index contributed by atoms with van der Waals surface area (Å²) in [5.74, 6) is 1.89. The van der Waals surface area contributed by atoms with Crippen molar-refractivity contribution in [3.05, 3.63) is 95.6 Å². The summed E-state index contributed by atoms with van der Waals surface area (Å²) in [5, 5.41) is 0. The molecule has 0 amide bonds. The van der Waals surface area contributed by atoms with Crippen LogP contribution in [0.5, 0.6) is 11.5 Å².